The Kier molecular flexibility index (Phi) is 3.26. The van der Waals surface area contributed by atoms with Gasteiger partial charge in [0.1, 0.15) is 5.76 Å². The summed E-state index contributed by atoms with van der Waals surface area (Å²) in [6.45, 7) is 1.73. The summed E-state index contributed by atoms with van der Waals surface area (Å²) in [5, 5.41) is 6.85. The van der Waals surface area contributed by atoms with Crippen molar-refractivity contribution in [3.8, 4) is 10.4 Å². The van der Waals surface area contributed by atoms with Gasteiger partial charge in [0, 0.05) is 30.2 Å². The fourth-order valence-electron chi connectivity index (χ4n) is 1.61. The molecule has 1 N–H and O–H groups in total. The highest BCUT2D eigenvalue weighted by molar-refractivity contribution is 7.19. The van der Waals surface area contributed by atoms with E-state index >= 15 is 0 Å². The van der Waals surface area contributed by atoms with E-state index in [0.29, 0.717) is 10.9 Å². The van der Waals surface area contributed by atoms with Gasteiger partial charge < -0.3 is 4.52 Å². The summed E-state index contributed by atoms with van der Waals surface area (Å²) in [6.07, 6.45) is 5.16. The molecule has 0 aliphatic heterocycles. The molecule has 6 nitrogen and oxygen atoms in total. The molecule has 0 unspecified atom stereocenters. The summed E-state index contributed by atoms with van der Waals surface area (Å²) < 4.78 is 4.86. The Morgan fingerprint density at radius 3 is 3.00 bits per heavy atom. The molecule has 1 amide bonds. The zero-order valence-electron chi connectivity index (χ0n) is 10.5. The predicted molar refractivity (Wildman–Crippen MR) is 74.5 cm³/mol. The molecule has 0 saturated carbocycles. The number of hydrogen-bond acceptors (Lipinski definition) is 6. The highest BCUT2D eigenvalue weighted by Gasteiger charge is 2.13. The van der Waals surface area contributed by atoms with Gasteiger partial charge in [-0.15, -0.1) is 0 Å². The van der Waals surface area contributed by atoms with E-state index < -0.39 is 0 Å². The van der Waals surface area contributed by atoms with Crippen molar-refractivity contribution in [2.75, 3.05) is 5.32 Å². The lowest BCUT2D eigenvalue weighted by molar-refractivity contribution is 0.101. The van der Waals surface area contributed by atoms with E-state index in [0.717, 1.165) is 10.4 Å². The first-order valence-electron chi connectivity index (χ1n) is 5.83. The summed E-state index contributed by atoms with van der Waals surface area (Å²) in [7, 11) is 0. The fraction of sp³-hybridized carbons (Fsp3) is 0.0769. The number of hydrogen-bond donors (Lipinski definition) is 1. The maximum Gasteiger partial charge on any atom is 0.279 e. The quantitative estimate of drug-likeness (QED) is 0.800. The van der Waals surface area contributed by atoms with Crippen LogP contribution in [0.25, 0.3) is 10.4 Å². The third-order valence-electron chi connectivity index (χ3n) is 2.53. The Morgan fingerprint density at radius 2 is 2.30 bits per heavy atom. The highest BCUT2D eigenvalue weighted by atomic mass is 32.1. The van der Waals surface area contributed by atoms with Crippen molar-refractivity contribution in [2.24, 2.45) is 0 Å². The zero-order valence-corrected chi connectivity index (χ0v) is 11.3. The van der Waals surface area contributed by atoms with E-state index in [1.54, 1.807) is 31.6 Å². The molecule has 0 aliphatic rings. The van der Waals surface area contributed by atoms with Crippen molar-refractivity contribution >= 4 is 22.4 Å². The summed E-state index contributed by atoms with van der Waals surface area (Å²) in [4.78, 5) is 21.0. The van der Waals surface area contributed by atoms with Crippen LogP contribution < -0.4 is 5.32 Å². The third-order valence-corrected chi connectivity index (χ3v) is 3.49. The maximum atomic E-state index is 11.9. The molecule has 0 bridgehead atoms. The van der Waals surface area contributed by atoms with Gasteiger partial charge >= 0.3 is 0 Å². The number of pyridine rings is 1. The van der Waals surface area contributed by atoms with Crippen molar-refractivity contribution in [3.05, 3.63) is 48.2 Å². The molecule has 3 aromatic heterocycles. The number of nitrogens with zero attached hydrogens (tertiary/aromatic N) is 3. The lowest BCUT2D eigenvalue weighted by atomic mass is 10.3. The van der Waals surface area contributed by atoms with Crippen LogP contribution in [-0.2, 0) is 0 Å². The molecule has 0 aliphatic carbocycles. The largest absolute Gasteiger partial charge is 0.361 e. The lowest BCUT2D eigenvalue weighted by Gasteiger charge is -1.96. The molecular formula is C13H10N4O2S. The Balaban J connectivity index is 1.76. The topological polar surface area (TPSA) is 80.9 Å². The summed E-state index contributed by atoms with van der Waals surface area (Å²) >= 11 is 1.37. The van der Waals surface area contributed by atoms with Crippen LogP contribution in [0.1, 0.15) is 16.2 Å². The number of anilines is 1. The number of nitrogens with one attached hydrogen (secondary N) is 1. The van der Waals surface area contributed by atoms with Crippen molar-refractivity contribution in [3.63, 3.8) is 0 Å². The Hall–Kier alpha value is -2.54. The van der Waals surface area contributed by atoms with E-state index in [1.165, 1.54) is 11.3 Å². The van der Waals surface area contributed by atoms with Crippen LogP contribution in [0.2, 0.25) is 0 Å². The summed E-state index contributed by atoms with van der Waals surface area (Å²) in [6, 6.07) is 5.36. The zero-order chi connectivity index (χ0) is 13.9. The van der Waals surface area contributed by atoms with Gasteiger partial charge in [0.15, 0.2) is 10.8 Å². The van der Waals surface area contributed by atoms with Crippen molar-refractivity contribution < 1.29 is 9.32 Å². The molecular weight excluding hydrogens is 276 g/mol. The van der Waals surface area contributed by atoms with Gasteiger partial charge in [-0.2, -0.15) is 0 Å². The highest BCUT2D eigenvalue weighted by Crippen LogP contribution is 2.28. The van der Waals surface area contributed by atoms with Crippen LogP contribution in [0.3, 0.4) is 0 Å². The SMILES string of the molecule is Cc1cc(C(=O)Nc2ncc(-c3cccnc3)s2)no1. The number of carbonyl (C=O) groups excluding carboxylic acids is 1. The second kappa shape index (κ2) is 5.22. The minimum atomic E-state index is -0.339. The normalized spacial score (nSPS) is 10.4. The molecule has 3 heterocycles. The average Bonchev–Trinajstić information content (AvgIpc) is 3.09. The van der Waals surface area contributed by atoms with Crippen LogP contribution in [-0.4, -0.2) is 21.0 Å². The fourth-order valence-corrected chi connectivity index (χ4v) is 2.41. The van der Waals surface area contributed by atoms with Crippen LogP contribution in [0, 0.1) is 6.92 Å². The van der Waals surface area contributed by atoms with Gasteiger partial charge in [-0.25, -0.2) is 4.98 Å². The third kappa shape index (κ3) is 2.57. The number of rotatable bonds is 3. The first kappa shape index (κ1) is 12.5. The number of aryl methyl sites for hydroxylation is 1. The van der Waals surface area contributed by atoms with Crippen molar-refractivity contribution in [1.29, 1.82) is 0 Å². The second-order valence-electron chi connectivity index (χ2n) is 4.05. The minimum absolute atomic E-state index is 0.237. The molecule has 7 heteroatoms. The van der Waals surface area contributed by atoms with Gasteiger partial charge in [0.25, 0.3) is 5.91 Å². The van der Waals surface area contributed by atoms with Gasteiger partial charge in [-0.1, -0.05) is 22.6 Å². The van der Waals surface area contributed by atoms with E-state index in [1.807, 2.05) is 12.1 Å². The van der Waals surface area contributed by atoms with E-state index in [9.17, 15) is 4.79 Å². The molecule has 0 atom stereocenters. The molecule has 0 radical (unpaired) electrons. The number of carbonyl (C=O) groups is 1. The number of amides is 1. The molecule has 3 aromatic rings. The average molecular weight is 286 g/mol. The van der Waals surface area contributed by atoms with Gasteiger partial charge in [-0.3, -0.25) is 15.1 Å². The van der Waals surface area contributed by atoms with E-state index in [4.69, 9.17) is 4.52 Å². The molecule has 20 heavy (non-hydrogen) atoms. The van der Waals surface area contributed by atoms with E-state index in [2.05, 4.69) is 20.4 Å². The molecule has 100 valence electrons. The summed E-state index contributed by atoms with van der Waals surface area (Å²) in [5.74, 6) is 0.249. The number of aromatic nitrogens is 3. The summed E-state index contributed by atoms with van der Waals surface area (Å²) in [5.41, 5.74) is 1.20. The van der Waals surface area contributed by atoms with Crippen LogP contribution >= 0.6 is 11.3 Å². The van der Waals surface area contributed by atoms with Crippen LogP contribution in [0.5, 0.6) is 0 Å². The second-order valence-corrected chi connectivity index (χ2v) is 5.08. The minimum Gasteiger partial charge on any atom is -0.361 e. The first-order chi connectivity index (χ1) is 9.72. The van der Waals surface area contributed by atoms with E-state index in [-0.39, 0.29) is 11.6 Å². The maximum absolute atomic E-state index is 11.9. The molecule has 0 spiro atoms. The first-order valence-corrected chi connectivity index (χ1v) is 6.65. The molecule has 3 rings (SSSR count). The Labute approximate surface area is 118 Å². The van der Waals surface area contributed by atoms with Crippen LogP contribution in [0.15, 0.2) is 41.3 Å². The van der Waals surface area contributed by atoms with Gasteiger partial charge in [0.05, 0.1) is 4.88 Å². The Morgan fingerprint density at radius 1 is 1.40 bits per heavy atom. The van der Waals surface area contributed by atoms with Crippen LogP contribution in [0.4, 0.5) is 5.13 Å². The Bertz CT molecular complexity index is 736. The molecule has 0 aromatic carbocycles. The van der Waals surface area contributed by atoms with Crippen molar-refractivity contribution in [2.45, 2.75) is 6.92 Å². The molecule has 0 fully saturated rings. The monoisotopic (exact) mass is 286 g/mol. The van der Waals surface area contributed by atoms with Gasteiger partial charge in [0.2, 0.25) is 0 Å². The predicted octanol–water partition coefficient (Wildman–Crippen LogP) is 2.75. The molecule has 0 saturated heterocycles. The lowest BCUT2D eigenvalue weighted by Crippen LogP contribution is -2.11. The number of thiazole rings is 1. The van der Waals surface area contributed by atoms with Crippen molar-refractivity contribution in [1.82, 2.24) is 15.1 Å². The van der Waals surface area contributed by atoms with Gasteiger partial charge in [-0.05, 0) is 13.0 Å². The standard InChI is InChI=1S/C13H10N4O2S/c1-8-5-10(17-19-8)12(18)16-13-15-7-11(20-13)9-3-2-4-14-6-9/h2-7H,1H3,(H,15,16,18). The smallest absolute Gasteiger partial charge is 0.279 e.